The number of rotatable bonds is 2. The molecule has 0 amide bonds. The highest BCUT2D eigenvalue weighted by Crippen LogP contribution is 2.31. The first-order valence-corrected chi connectivity index (χ1v) is 5.77. The monoisotopic (exact) mass is 271 g/mol. The Bertz CT molecular complexity index is 882. The number of carboxylic acids is 1. The van der Waals surface area contributed by atoms with Gasteiger partial charge in [0.2, 0.25) is 0 Å². The minimum absolute atomic E-state index is 0.0235. The number of fused-ring (bicyclic) bond motifs is 3. The van der Waals surface area contributed by atoms with Gasteiger partial charge in [0.25, 0.3) is 5.69 Å². The van der Waals surface area contributed by atoms with Crippen molar-refractivity contribution in [3.63, 3.8) is 0 Å². The maximum absolute atomic E-state index is 11.0. The molecule has 0 unspecified atom stereocenters. The Balaban J connectivity index is 2.43. The molecule has 2 heterocycles. The molecule has 0 fully saturated rings. The first-order chi connectivity index (χ1) is 9.47. The Kier molecular flexibility index (Phi) is 2.43. The van der Waals surface area contributed by atoms with Crippen LogP contribution in [-0.2, 0) is 0 Å². The number of aromatic carboxylic acids is 1. The highest BCUT2D eigenvalue weighted by molar-refractivity contribution is 6.10. The number of nitrogens with zero attached hydrogens (tertiary/aromatic N) is 2. The van der Waals surface area contributed by atoms with E-state index in [1.54, 1.807) is 6.92 Å². The Morgan fingerprint density at radius 2 is 2.10 bits per heavy atom. The minimum atomic E-state index is -1.14. The Morgan fingerprint density at radius 1 is 1.35 bits per heavy atom. The lowest BCUT2D eigenvalue weighted by molar-refractivity contribution is -0.384. The molecule has 0 saturated heterocycles. The quantitative estimate of drug-likeness (QED) is 0.550. The molecule has 1 aromatic carbocycles. The summed E-state index contributed by atoms with van der Waals surface area (Å²) >= 11 is 0. The molecule has 7 heteroatoms. The summed E-state index contributed by atoms with van der Waals surface area (Å²) in [6.07, 6.45) is 1.42. The molecule has 0 atom stereocenters. The molecule has 100 valence electrons. The van der Waals surface area contributed by atoms with Gasteiger partial charge in [-0.25, -0.2) is 9.78 Å². The number of nitrogens with one attached hydrogen (secondary N) is 1. The summed E-state index contributed by atoms with van der Waals surface area (Å²) in [7, 11) is 0. The van der Waals surface area contributed by atoms with Crippen LogP contribution in [0.1, 0.15) is 16.1 Å². The van der Waals surface area contributed by atoms with Crippen LogP contribution in [0.2, 0.25) is 0 Å². The molecule has 0 aliphatic carbocycles. The molecule has 0 bridgehead atoms. The van der Waals surface area contributed by atoms with E-state index in [4.69, 9.17) is 5.11 Å². The first kappa shape index (κ1) is 12.1. The van der Waals surface area contributed by atoms with Gasteiger partial charge in [0, 0.05) is 28.4 Å². The number of nitro benzene ring substituents is 1. The van der Waals surface area contributed by atoms with Crippen molar-refractivity contribution in [2.24, 2.45) is 0 Å². The van der Waals surface area contributed by atoms with Crippen LogP contribution < -0.4 is 0 Å². The summed E-state index contributed by atoms with van der Waals surface area (Å²) < 4.78 is 0. The largest absolute Gasteiger partial charge is 0.477 e. The number of carbonyl (C=O) groups is 1. The lowest BCUT2D eigenvalue weighted by atomic mass is 10.1. The van der Waals surface area contributed by atoms with Crippen molar-refractivity contribution in [2.45, 2.75) is 6.92 Å². The average molecular weight is 271 g/mol. The van der Waals surface area contributed by atoms with E-state index in [1.807, 2.05) is 0 Å². The molecule has 0 radical (unpaired) electrons. The number of hydrogen-bond acceptors (Lipinski definition) is 4. The number of non-ortho nitro benzene ring substituents is 1. The van der Waals surface area contributed by atoms with Crippen LogP contribution in [0.25, 0.3) is 21.8 Å². The van der Waals surface area contributed by atoms with Crippen molar-refractivity contribution in [2.75, 3.05) is 0 Å². The number of carboxylic acid groups (broad SMARTS) is 1. The predicted octanol–water partition coefficient (Wildman–Crippen LogP) is 2.63. The molecular formula is C13H9N3O4. The van der Waals surface area contributed by atoms with E-state index in [0.29, 0.717) is 16.3 Å². The number of aryl methyl sites for hydroxylation is 1. The van der Waals surface area contributed by atoms with Gasteiger partial charge in [0.1, 0.15) is 5.69 Å². The highest BCUT2D eigenvalue weighted by atomic mass is 16.6. The van der Waals surface area contributed by atoms with Crippen LogP contribution in [-0.4, -0.2) is 26.0 Å². The van der Waals surface area contributed by atoms with Crippen molar-refractivity contribution in [1.29, 1.82) is 0 Å². The van der Waals surface area contributed by atoms with E-state index >= 15 is 0 Å². The molecule has 0 spiro atoms. The summed E-state index contributed by atoms with van der Waals surface area (Å²) in [5.74, 6) is -1.14. The summed E-state index contributed by atoms with van der Waals surface area (Å²) in [4.78, 5) is 28.3. The third kappa shape index (κ3) is 1.68. The summed E-state index contributed by atoms with van der Waals surface area (Å²) in [6.45, 7) is 1.76. The smallest absolute Gasteiger partial charge is 0.354 e. The van der Waals surface area contributed by atoms with Crippen molar-refractivity contribution in [3.8, 4) is 0 Å². The zero-order valence-corrected chi connectivity index (χ0v) is 10.4. The van der Waals surface area contributed by atoms with Gasteiger partial charge in [-0.2, -0.15) is 0 Å². The first-order valence-electron chi connectivity index (χ1n) is 5.77. The lowest BCUT2D eigenvalue weighted by Gasteiger charge is -1.97. The van der Waals surface area contributed by atoms with Gasteiger partial charge in [0.05, 0.1) is 16.6 Å². The molecular weight excluding hydrogens is 262 g/mol. The van der Waals surface area contributed by atoms with Gasteiger partial charge in [-0.05, 0) is 18.6 Å². The molecule has 0 aliphatic heterocycles. The van der Waals surface area contributed by atoms with Crippen molar-refractivity contribution >= 4 is 33.5 Å². The zero-order valence-electron chi connectivity index (χ0n) is 10.4. The Morgan fingerprint density at radius 3 is 2.75 bits per heavy atom. The van der Waals surface area contributed by atoms with Crippen molar-refractivity contribution < 1.29 is 14.8 Å². The highest BCUT2D eigenvalue weighted by Gasteiger charge is 2.15. The predicted molar refractivity (Wildman–Crippen MR) is 72.0 cm³/mol. The van der Waals surface area contributed by atoms with Crippen LogP contribution >= 0.6 is 0 Å². The van der Waals surface area contributed by atoms with Gasteiger partial charge in [-0.1, -0.05) is 0 Å². The topological polar surface area (TPSA) is 109 Å². The fourth-order valence-electron chi connectivity index (χ4n) is 2.28. The summed E-state index contributed by atoms with van der Waals surface area (Å²) in [6, 6.07) is 4.33. The molecule has 2 N–H and O–H groups in total. The Hall–Kier alpha value is -2.96. The van der Waals surface area contributed by atoms with Crippen LogP contribution in [0.5, 0.6) is 0 Å². The van der Waals surface area contributed by atoms with Crippen LogP contribution in [0.15, 0.2) is 24.4 Å². The number of H-pyrrole nitrogens is 1. The summed E-state index contributed by atoms with van der Waals surface area (Å²) in [5, 5.41) is 21.1. The number of pyridine rings is 1. The zero-order chi connectivity index (χ0) is 14.4. The summed E-state index contributed by atoms with van der Waals surface area (Å²) in [5.41, 5.74) is 2.00. The van der Waals surface area contributed by atoms with E-state index in [2.05, 4.69) is 9.97 Å². The van der Waals surface area contributed by atoms with Crippen molar-refractivity contribution in [1.82, 2.24) is 9.97 Å². The van der Waals surface area contributed by atoms with Gasteiger partial charge >= 0.3 is 5.97 Å². The second-order valence-corrected chi connectivity index (χ2v) is 4.49. The standard InChI is InChI=1S/C13H9N3O4/c1-6-2-7(16(19)20)3-9-8-4-10(13(17)18)14-5-11(8)15-12(6)9/h2-5,15H,1H3,(H,17,18). The SMILES string of the molecule is Cc1cc([N+](=O)[O-])cc2c1[nH]c1cnc(C(=O)O)cc12. The number of aromatic nitrogens is 2. The molecule has 0 aliphatic rings. The second-order valence-electron chi connectivity index (χ2n) is 4.49. The van der Waals surface area contributed by atoms with Gasteiger partial charge < -0.3 is 10.1 Å². The number of nitro groups is 1. The number of aromatic amines is 1. The van der Waals surface area contributed by atoms with E-state index in [0.717, 1.165) is 11.1 Å². The van der Waals surface area contributed by atoms with Gasteiger partial charge in [-0.3, -0.25) is 10.1 Å². The van der Waals surface area contributed by atoms with E-state index in [9.17, 15) is 14.9 Å². The van der Waals surface area contributed by atoms with E-state index < -0.39 is 10.9 Å². The van der Waals surface area contributed by atoms with Crippen molar-refractivity contribution in [3.05, 3.63) is 45.8 Å². The number of benzene rings is 1. The second kappa shape index (κ2) is 4.02. The fraction of sp³-hybridized carbons (Fsp3) is 0.0769. The van der Waals surface area contributed by atoms with Crippen LogP contribution in [0, 0.1) is 17.0 Å². The molecule has 0 saturated carbocycles. The molecule has 3 aromatic rings. The van der Waals surface area contributed by atoms with Gasteiger partial charge in [-0.15, -0.1) is 0 Å². The fourth-order valence-corrected chi connectivity index (χ4v) is 2.28. The lowest BCUT2D eigenvalue weighted by Crippen LogP contribution is -1.98. The van der Waals surface area contributed by atoms with E-state index in [1.165, 1.54) is 24.4 Å². The number of hydrogen-bond donors (Lipinski definition) is 2. The molecule has 2 aromatic heterocycles. The molecule has 20 heavy (non-hydrogen) atoms. The van der Waals surface area contributed by atoms with Crippen LogP contribution in [0.4, 0.5) is 5.69 Å². The minimum Gasteiger partial charge on any atom is -0.477 e. The third-order valence-corrected chi connectivity index (χ3v) is 3.20. The van der Waals surface area contributed by atoms with Gasteiger partial charge in [0.15, 0.2) is 0 Å². The Labute approximate surface area is 112 Å². The maximum atomic E-state index is 11.0. The molecule has 3 rings (SSSR count). The maximum Gasteiger partial charge on any atom is 0.354 e. The third-order valence-electron chi connectivity index (χ3n) is 3.20. The average Bonchev–Trinajstić information content (AvgIpc) is 2.77. The van der Waals surface area contributed by atoms with Crippen LogP contribution in [0.3, 0.4) is 0 Å². The molecule has 7 nitrogen and oxygen atoms in total. The van der Waals surface area contributed by atoms with E-state index in [-0.39, 0.29) is 11.4 Å². The normalized spacial score (nSPS) is 11.1.